The molecule has 29 heavy (non-hydrogen) atoms. The zero-order valence-electron chi connectivity index (χ0n) is 15.6. The van der Waals surface area contributed by atoms with E-state index >= 15 is 0 Å². The maximum Gasteiger partial charge on any atom is 0.271 e. The molecule has 0 bridgehead atoms. The van der Waals surface area contributed by atoms with Gasteiger partial charge in [0.15, 0.2) is 0 Å². The predicted octanol–water partition coefficient (Wildman–Crippen LogP) is 4.23. The largest absolute Gasteiger partial charge is 0.457 e. The standard InChI is InChI=1S/C21H16Cl2N2O4/c1-11(26)10-25-20(27)15(12(2)16(9-24)21(25)28)8-13-6-7-18(29-13)14-4-3-5-17(22)19(14)23/h3-8,11,26H,10H2,1-2H3/b15-8+/t11-/m1/s1. The summed E-state index contributed by atoms with van der Waals surface area (Å²) < 4.78 is 5.79. The Bertz CT molecular complexity index is 1110. The lowest BCUT2D eigenvalue weighted by molar-refractivity contribution is -0.141. The SMILES string of the molecule is CC1=C(C#N)C(=O)N(C[C@@H](C)O)C(=O)/C1=C/c1ccc(-c2cccc(Cl)c2Cl)o1. The predicted molar refractivity (Wildman–Crippen MR) is 109 cm³/mol. The average molecular weight is 431 g/mol. The molecule has 0 saturated carbocycles. The number of halogens is 2. The number of aliphatic hydroxyl groups excluding tert-OH is 1. The van der Waals surface area contributed by atoms with Crippen LogP contribution in [-0.2, 0) is 9.59 Å². The number of imide groups is 1. The summed E-state index contributed by atoms with van der Waals surface area (Å²) >= 11 is 12.3. The Balaban J connectivity index is 2.05. The van der Waals surface area contributed by atoms with Crippen molar-refractivity contribution >= 4 is 41.1 Å². The minimum Gasteiger partial charge on any atom is -0.457 e. The lowest BCUT2D eigenvalue weighted by atomic mass is 9.94. The normalized spacial score (nSPS) is 17.1. The molecule has 1 aromatic carbocycles. The van der Waals surface area contributed by atoms with Crippen molar-refractivity contribution in [2.75, 3.05) is 6.54 Å². The van der Waals surface area contributed by atoms with Crippen molar-refractivity contribution in [3.05, 3.63) is 62.9 Å². The van der Waals surface area contributed by atoms with Gasteiger partial charge in [-0.15, -0.1) is 0 Å². The minimum absolute atomic E-state index is 0.139. The van der Waals surface area contributed by atoms with E-state index in [0.717, 1.165) is 4.90 Å². The lowest BCUT2D eigenvalue weighted by Gasteiger charge is -2.28. The topological polar surface area (TPSA) is 94.5 Å². The van der Waals surface area contributed by atoms with Crippen LogP contribution in [0.4, 0.5) is 0 Å². The Labute approximate surface area is 177 Å². The number of hydrogen-bond donors (Lipinski definition) is 1. The van der Waals surface area contributed by atoms with Gasteiger partial charge in [0.2, 0.25) is 0 Å². The molecular weight excluding hydrogens is 415 g/mol. The molecule has 1 aliphatic rings. The molecule has 0 fully saturated rings. The second kappa shape index (κ2) is 8.26. The highest BCUT2D eigenvalue weighted by Gasteiger charge is 2.36. The quantitative estimate of drug-likeness (QED) is 0.578. The van der Waals surface area contributed by atoms with Crippen LogP contribution < -0.4 is 0 Å². The molecule has 8 heteroatoms. The fourth-order valence-electron chi connectivity index (χ4n) is 2.97. The zero-order chi connectivity index (χ0) is 21.3. The summed E-state index contributed by atoms with van der Waals surface area (Å²) in [6.07, 6.45) is 0.529. The first-order valence-electron chi connectivity index (χ1n) is 8.66. The van der Waals surface area contributed by atoms with E-state index in [0.29, 0.717) is 27.1 Å². The summed E-state index contributed by atoms with van der Waals surface area (Å²) in [6.45, 7) is 2.77. The van der Waals surface area contributed by atoms with Crippen LogP contribution in [0.25, 0.3) is 17.4 Å². The molecule has 0 saturated heterocycles. The van der Waals surface area contributed by atoms with Gasteiger partial charge >= 0.3 is 0 Å². The number of rotatable bonds is 4. The number of amides is 2. The van der Waals surface area contributed by atoms with Gasteiger partial charge in [-0.05, 0) is 49.8 Å². The first-order valence-corrected chi connectivity index (χ1v) is 9.41. The number of β-amino-alcohol motifs (C(OH)–C–C–N with tert-alkyl or cyclic N) is 1. The third kappa shape index (κ3) is 3.99. The van der Waals surface area contributed by atoms with Gasteiger partial charge in [-0.2, -0.15) is 5.26 Å². The maximum absolute atomic E-state index is 12.8. The smallest absolute Gasteiger partial charge is 0.271 e. The molecule has 0 aliphatic carbocycles. The van der Waals surface area contributed by atoms with Crippen molar-refractivity contribution in [3.8, 4) is 17.4 Å². The van der Waals surface area contributed by atoms with Gasteiger partial charge in [-0.3, -0.25) is 14.5 Å². The minimum atomic E-state index is -0.928. The van der Waals surface area contributed by atoms with Gasteiger partial charge < -0.3 is 9.52 Å². The summed E-state index contributed by atoms with van der Waals surface area (Å²) in [4.78, 5) is 26.1. The fourth-order valence-corrected chi connectivity index (χ4v) is 3.36. The Morgan fingerprint density at radius 1 is 1.24 bits per heavy atom. The number of furan rings is 1. The van der Waals surface area contributed by atoms with Crippen LogP contribution in [0, 0.1) is 11.3 Å². The number of benzene rings is 1. The number of nitrogens with zero attached hydrogens (tertiary/aromatic N) is 2. The van der Waals surface area contributed by atoms with E-state index in [1.54, 1.807) is 30.3 Å². The molecule has 1 N–H and O–H groups in total. The molecular formula is C21H16Cl2N2O4. The lowest BCUT2D eigenvalue weighted by Crippen LogP contribution is -2.45. The second-order valence-corrected chi connectivity index (χ2v) is 7.33. The molecule has 148 valence electrons. The molecule has 1 aliphatic heterocycles. The van der Waals surface area contributed by atoms with Crippen LogP contribution in [0.5, 0.6) is 0 Å². The van der Waals surface area contributed by atoms with Gasteiger partial charge in [0.1, 0.15) is 23.2 Å². The molecule has 2 aromatic rings. The van der Waals surface area contributed by atoms with Gasteiger partial charge in [0.25, 0.3) is 11.8 Å². The Kier molecular flexibility index (Phi) is 5.94. The molecule has 6 nitrogen and oxygen atoms in total. The van der Waals surface area contributed by atoms with Crippen molar-refractivity contribution < 1.29 is 19.1 Å². The van der Waals surface area contributed by atoms with Crippen LogP contribution in [-0.4, -0.2) is 34.5 Å². The number of carbonyl (C=O) groups excluding carboxylic acids is 2. The maximum atomic E-state index is 12.8. The Morgan fingerprint density at radius 2 is 1.97 bits per heavy atom. The molecule has 2 amide bonds. The number of aliphatic hydroxyl groups is 1. The van der Waals surface area contributed by atoms with E-state index in [-0.39, 0.29) is 23.3 Å². The van der Waals surface area contributed by atoms with Crippen LogP contribution in [0.2, 0.25) is 10.0 Å². The molecule has 0 spiro atoms. The first kappa shape index (κ1) is 20.9. The fraction of sp³-hybridized carbons (Fsp3) is 0.190. The highest BCUT2D eigenvalue weighted by atomic mass is 35.5. The third-order valence-corrected chi connectivity index (χ3v) is 5.22. The summed E-state index contributed by atoms with van der Waals surface area (Å²) in [6, 6.07) is 10.3. The van der Waals surface area contributed by atoms with Crippen molar-refractivity contribution in [2.45, 2.75) is 20.0 Å². The molecule has 0 radical (unpaired) electrons. The summed E-state index contributed by atoms with van der Waals surface area (Å²) in [5, 5.41) is 19.7. The van der Waals surface area contributed by atoms with Crippen LogP contribution in [0.15, 0.2) is 51.5 Å². The van der Waals surface area contributed by atoms with Gasteiger partial charge in [0, 0.05) is 11.1 Å². The summed E-state index contributed by atoms with van der Waals surface area (Å²) in [5.41, 5.74) is 0.832. The third-order valence-electron chi connectivity index (χ3n) is 4.40. The van der Waals surface area contributed by atoms with Gasteiger partial charge in [-0.25, -0.2) is 0 Å². The zero-order valence-corrected chi connectivity index (χ0v) is 17.1. The molecule has 1 atom stereocenters. The van der Waals surface area contributed by atoms with Crippen molar-refractivity contribution in [2.24, 2.45) is 0 Å². The van der Waals surface area contributed by atoms with E-state index in [1.807, 2.05) is 6.07 Å². The van der Waals surface area contributed by atoms with Crippen LogP contribution >= 0.6 is 23.2 Å². The monoisotopic (exact) mass is 430 g/mol. The number of carbonyl (C=O) groups is 2. The average Bonchev–Trinajstić information content (AvgIpc) is 3.13. The highest BCUT2D eigenvalue weighted by molar-refractivity contribution is 6.43. The molecule has 0 unspecified atom stereocenters. The second-order valence-electron chi connectivity index (χ2n) is 6.54. The Morgan fingerprint density at radius 3 is 2.62 bits per heavy atom. The van der Waals surface area contributed by atoms with Crippen molar-refractivity contribution in [3.63, 3.8) is 0 Å². The molecule has 2 heterocycles. The molecule has 3 rings (SSSR count). The summed E-state index contributed by atoms with van der Waals surface area (Å²) in [7, 11) is 0. The van der Waals surface area contributed by atoms with E-state index in [4.69, 9.17) is 27.6 Å². The molecule has 1 aromatic heterocycles. The van der Waals surface area contributed by atoms with Gasteiger partial charge in [0.05, 0.1) is 22.7 Å². The summed E-state index contributed by atoms with van der Waals surface area (Å²) in [5.74, 6) is -0.543. The van der Waals surface area contributed by atoms with Crippen LogP contribution in [0.3, 0.4) is 0 Å². The van der Waals surface area contributed by atoms with Crippen molar-refractivity contribution in [1.29, 1.82) is 5.26 Å². The van der Waals surface area contributed by atoms with E-state index in [1.165, 1.54) is 19.9 Å². The Hall–Kier alpha value is -2.85. The van der Waals surface area contributed by atoms with E-state index in [9.17, 15) is 20.0 Å². The number of nitriles is 1. The van der Waals surface area contributed by atoms with Gasteiger partial charge in [-0.1, -0.05) is 29.3 Å². The number of hydrogen-bond acceptors (Lipinski definition) is 5. The first-order chi connectivity index (χ1) is 13.7. The van der Waals surface area contributed by atoms with E-state index < -0.39 is 17.9 Å². The van der Waals surface area contributed by atoms with E-state index in [2.05, 4.69) is 0 Å². The van der Waals surface area contributed by atoms with Crippen molar-refractivity contribution in [1.82, 2.24) is 4.90 Å². The highest BCUT2D eigenvalue weighted by Crippen LogP contribution is 2.35. The van der Waals surface area contributed by atoms with Crippen LogP contribution in [0.1, 0.15) is 19.6 Å².